The van der Waals surface area contributed by atoms with E-state index in [9.17, 15) is 9.18 Å². The van der Waals surface area contributed by atoms with Gasteiger partial charge in [-0.05, 0) is 28.9 Å². The number of pyridine rings is 1. The largest absolute Gasteiger partial charge is 0.296 e. The molecule has 4 heteroatoms. The van der Waals surface area contributed by atoms with E-state index >= 15 is 0 Å². The first-order valence-electron chi connectivity index (χ1n) is 2.93. The number of aromatic nitrogens is 1. The van der Waals surface area contributed by atoms with Crippen molar-refractivity contribution < 1.29 is 9.18 Å². The maximum Gasteiger partial charge on any atom is 0.168 e. The topological polar surface area (TPSA) is 30.0 Å². The van der Waals surface area contributed by atoms with Crippen LogP contribution in [0.5, 0.6) is 0 Å². The van der Waals surface area contributed by atoms with Crippen molar-refractivity contribution in [3.63, 3.8) is 0 Å². The first-order valence-corrected chi connectivity index (χ1v) is 3.72. The average Bonchev–Trinajstić information content (AvgIpc) is 1.99. The summed E-state index contributed by atoms with van der Waals surface area (Å²) in [5.74, 6) is -0.421. The van der Waals surface area contributed by atoms with E-state index in [1.165, 1.54) is 13.0 Å². The number of halogens is 2. The lowest BCUT2D eigenvalue weighted by atomic mass is 10.3. The van der Waals surface area contributed by atoms with E-state index in [4.69, 9.17) is 0 Å². The van der Waals surface area contributed by atoms with E-state index in [1.807, 2.05) is 0 Å². The van der Waals surface area contributed by atoms with Gasteiger partial charge in [-0.15, -0.1) is 0 Å². The fraction of sp³-hybridized carbons (Fsp3) is 0.143. The summed E-state index contributed by atoms with van der Waals surface area (Å²) in [4.78, 5) is 13.9. The van der Waals surface area contributed by atoms with Crippen LogP contribution in [-0.2, 0) is 0 Å². The molecule has 0 aliphatic carbocycles. The Hall–Kier alpha value is -0.770. The number of hydrogen-bond acceptors (Lipinski definition) is 2. The number of hydrogen-bond donors (Lipinski definition) is 0. The molecule has 0 radical (unpaired) electrons. The summed E-state index contributed by atoms with van der Waals surface area (Å²) in [5.41, 5.74) is 0.456. The van der Waals surface area contributed by atoms with Crippen LogP contribution in [0.25, 0.3) is 0 Å². The molecule has 1 heterocycles. The second-order valence-electron chi connectivity index (χ2n) is 2.05. The van der Waals surface area contributed by atoms with Crippen molar-refractivity contribution in [2.45, 2.75) is 6.92 Å². The Morgan fingerprint density at radius 2 is 2.36 bits per heavy atom. The quantitative estimate of drug-likeness (QED) is 0.675. The summed E-state index contributed by atoms with van der Waals surface area (Å²) in [6.45, 7) is 1.51. The zero-order valence-electron chi connectivity index (χ0n) is 5.77. The molecule has 0 spiro atoms. The van der Waals surface area contributed by atoms with Crippen molar-refractivity contribution in [2.24, 2.45) is 0 Å². The van der Waals surface area contributed by atoms with Gasteiger partial charge < -0.3 is 0 Å². The molecule has 1 aromatic rings. The molecule has 0 aliphatic heterocycles. The molecule has 1 aromatic heterocycles. The second-order valence-corrected chi connectivity index (χ2v) is 2.90. The fourth-order valence-electron chi connectivity index (χ4n) is 0.701. The van der Waals surface area contributed by atoms with Gasteiger partial charge in [0.2, 0.25) is 0 Å². The third-order valence-electron chi connectivity index (χ3n) is 1.22. The third kappa shape index (κ3) is 1.63. The molecular weight excluding hydrogens is 213 g/mol. The van der Waals surface area contributed by atoms with Gasteiger partial charge >= 0.3 is 0 Å². The molecule has 0 aliphatic rings. The Morgan fingerprint density at radius 3 is 2.82 bits per heavy atom. The standard InChI is InChI=1S/C7H5BrFNO/c1-4-7(9)6(8)2-5(3-11)10-4/h2-3H,1H3. The van der Waals surface area contributed by atoms with E-state index in [-0.39, 0.29) is 15.9 Å². The van der Waals surface area contributed by atoms with Gasteiger partial charge in [0.05, 0.1) is 10.2 Å². The van der Waals surface area contributed by atoms with Crippen LogP contribution in [0.15, 0.2) is 10.5 Å². The van der Waals surface area contributed by atoms with Crippen LogP contribution in [0.4, 0.5) is 4.39 Å². The predicted molar refractivity (Wildman–Crippen MR) is 42.0 cm³/mol. The van der Waals surface area contributed by atoms with Crippen LogP contribution in [0, 0.1) is 12.7 Å². The molecule has 11 heavy (non-hydrogen) atoms. The van der Waals surface area contributed by atoms with Gasteiger partial charge in [-0.2, -0.15) is 0 Å². The summed E-state index contributed by atoms with van der Waals surface area (Å²) in [5, 5.41) is 0. The fourth-order valence-corrected chi connectivity index (χ4v) is 1.22. The summed E-state index contributed by atoms with van der Waals surface area (Å²) in [7, 11) is 0. The molecule has 1 rings (SSSR count). The number of carbonyl (C=O) groups is 1. The van der Waals surface area contributed by atoms with Gasteiger partial charge in [-0.1, -0.05) is 0 Å². The van der Waals surface area contributed by atoms with Crippen LogP contribution < -0.4 is 0 Å². The normalized spacial score (nSPS) is 9.73. The Labute approximate surface area is 71.6 Å². The molecule has 0 saturated carbocycles. The maximum absolute atomic E-state index is 12.8. The van der Waals surface area contributed by atoms with E-state index in [0.29, 0.717) is 6.29 Å². The monoisotopic (exact) mass is 217 g/mol. The highest BCUT2D eigenvalue weighted by molar-refractivity contribution is 9.10. The van der Waals surface area contributed by atoms with Gasteiger partial charge in [0.25, 0.3) is 0 Å². The van der Waals surface area contributed by atoms with Crippen LogP contribution in [0.2, 0.25) is 0 Å². The maximum atomic E-state index is 12.8. The highest BCUT2D eigenvalue weighted by atomic mass is 79.9. The molecule has 0 N–H and O–H groups in total. The zero-order chi connectivity index (χ0) is 8.43. The second kappa shape index (κ2) is 3.09. The summed E-state index contributed by atoms with van der Waals surface area (Å²) in [6, 6.07) is 1.34. The Balaban J connectivity index is 3.31. The average molecular weight is 218 g/mol. The van der Waals surface area contributed by atoms with Gasteiger partial charge in [0.1, 0.15) is 5.69 Å². The summed E-state index contributed by atoms with van der Waals surface area (Å²) < 4.78 is 13.1. The van der Waals surface area contributed by atoms with Crippen molar-refractivity contribution in [2.75, 3.05) is 0 Å². The van der Waals surface area contributed by atoms with Crippen molar-refractivity contribution in [1.82, 2.24) is 4.98 Å². The lowest BCUT2D eigenvalue weighted by Crippen LogP contribution is -1.94. The molecule has 0 bridgehead atoms. The number of aryl methyl sites for hydroxylation is 1. The Kier molecular flexibility index (Phi) is 2.34. The van der Waals surface area contributed by atoms with Gasteiger partial charge in [0.15, 0.2) is 12.1 Å². The van der Waals surface area contributed by atoms with Gasteiger partial charge in [-0.25, -0.2) is 9.37 Å². The minimum absolute atomic E-state index is 0.224. The van der Waals surface area contributed by atoms with Crippen molar-refractivity contribution in [3.8, 4) is 0 Å². The number of aldehydes is 1. The first kappa shape index (κ1) is 8.33. The van der Waals surface area contributed by atoms with Crippen molar-refractivity contribution >= 4 is 22.2 Å². The molecular formula is C7H5BrFNO. The Bertz CT molecular complexity index is 277. The molecule has 0 fully saturated rings. The molecule has 0 saturated heterocycles. The van der Waals surface area contributed by atoms with E-state index < -0.39 is 5.82 Å². The zero-order valence-corrected chi connectivity index (χ0v) is 7.35. The van der Waals surface area contributed by atoms with E-state index in [2.05, 4.69) is 20.9 Å². The van der Waals surface area contributed by atoms with Crippen LogP contribution in [0.1, 0.15) is 16.2 Å². The number of carbonyl (C=O) groups excluding carboxylic acids is 1. The highest BCUT2D eigenvalue weighted by Gasteiger charge is 2.05. The molecule has 0 amide bonds. The lowest BCUT2D eigenvalue weighted by molar-refractivity contribution is 0.111. The predicted octanol–water partition coefficient (Wildman–Crippen LogP) is 2.10. The van der Waals surface area contributed by atoms with Crippen molar-refractivity contribution in [1.29, 1.82) is 0 Å². The highest BCUT2D eigenvalue weighted by Crippen LogP contribution is 2.17. The molecule has 58 valence electrons. The molecule has 2 nitrogen and oxygen atoms in total. The summed E-state index contributed by atoms with van der Waals surface area (Å²) in [6.07, 6.45) is 0.581. The van der Waals surface area contributed by atoms with E-state index in [0.717, 1.165) is 0 Å². The first-order chi connectivity index (χ1) is 5.15. The number of rotatable bonds is 1. The minimum atomic E-state index is -0.421. The minimum Gasteiger partial charge on any atom is -0.296 e. The van der Waals surface area contributed by atoms with Crippen LogP contribution in [0.3, 0.4) is 0 Å². The third-order valence-corrected chi connectivity index (χ3v) is 1.80. The number of nitrogens with zero attached hydrogens (tertiary/aromatic N) is 1. The smallest absolute Gasteiger partial charge is 0.168 e. The van der Waals surface area contributed by atoms with Crippen LogP contribution >= 0.6 is 15.9 Å². The summed E-state index contributed by atoms with van der Waals surface area (Å²) >= 11 is 2.96. The molecule has 0 aromatic carbocycles. The SMILES string of the molecule is Cc1nc(C=O)cc(Br)c1F. The van der Waals surface area contributed by atoms with Gasteiger partial charge in [0, 0.05) is 0 Å². The van der Waals surface area contributed by atoms with E-state index in [1.54, 1.807) is 0 Å². The van der Waals surface area contributed by atoms with Crippen molar-refractivity contribution in [3.05, 3.63) is 27.7 Å². The molecule has 0 unspecified atom stereocenters. The molecule has 0 atom stereocenters. The lowest BCUT2D eigenvalue weighted by Gasteiger charge is -1.98. The van der Waals surface area contributed by atoms with Gasteiger partial charge in [-0.3, -0.25) is 4.79 Å². The van der Waals surface area contributed by atoms with Crippen LogP contribution in [-0.4, -0.2) is 11.3 Å². The Morgan fingerprint density at radius 1 is 1.73 bits per heavy atom.